The van der Waals surface area contributed by atoms with Crippen LogP contribution in [-0.4, -0.2) is 27.1 Å². The van der Waals surface area contributed by atoms with Crippen molar-refractivity contribution in [2.24, 2.45) is 0 Å². The van der Waals surface area contributed by atoms with E-state index in [0.717, 1.165) is 11.4 Å². The molecule has 6 nitrogen and oxygen atoms in total. The van der Waals surface area contributed by atoms with Crippen molar-refractivity contribution in [3.63, 3.8) is 0 Å². The zero-order valence-electron chi connectivity index (χ0n) is 13.0. The van der Waals surface area contributed by atoms with Crippen LogP contribution in [0.25, 0.3) is 5.65 Å². The van der Waals surface area contributed by atoms with E-state index in [1.165, 1.54) is 24.4 Å². The van der Waals surface area contributed by atoms with Crippen LogP contribution in [0, 0.1) is 13.8 Å². The van der Waals surface area contributed by atoms with Crippen molar-refractivity contribution >= 4 is 17.2 Å². The van der Waals surface area contributed by atoms with Gasteiger partial charge in [-0.25, -0.2) is 9.50 Å². The molecule has 1 N–H and O–H groups in total. The number of benzene rings is 1. The largest absolute Gasteiger partial charge is 0.433 e. The molecule has 124 valence electrons. The van der Waals surface area contributed by atoms with Crippen molar-refractivity contribution in [3.05, 3.63) is 53.5 Å². The zero-order chi connectivity index (χ0) is 17.3. The second kappa shape index (κ2) is 6.23. The minimum Gasteiger partial charge on any atom is -0.433 e. The third-order valence-corrected chi connectivity index (χ3v) is 3.37. The normalized spacial score (nSPS) is 11.0. The van der Waals surface area contributed by atoms with E-state index in [1.54, 1.807) is 10.6 Å². The molecule has 0 spiro atoms. The van der Waals surface area contributed by atoms with Crippen LogP contribution in [0.15, 0.2) is 36.5 Å². The van der Waals surface area contributed by atoms with E-state index in [2.05, 4.69) is 20.1 Å². The smallest absolute Gasteiger partial charge is 0.387 e. The minimum atomic E-state index is -2.98. The molecule has 0 atom stereocenters. The molecule has 1 amide bonds. The Kier molecular flexibility index (Phi) is 4.11. The summed E-state index contributed by atoms with van der Waals surface area (Å²) in [6, 6.07) is 7.82. The molecule has 0 unspecified atom stereocenters. The Morgan fingerprint density at radius 2 is 2.04 bits per heavy atom. The molecule has 24 heavy (non-hydrogen) atoms. The van der Waals surface area contributed by atoms with Gasteiger partial charge < -0.3 is 10.1 Å². The third kappa shape index (κ3) is 3.03. The van der Waals surface area contributed by atoms with E-state index in [1.807, 2.05) is 19.9 Å². The maximum Gasteiger partial charge on any atom is 0.387 e. The van der Waals surface area contributed by atoms with Gasteiger partial charge in [0, 0.05) is 11.4 Å². The number of nitrogens with zero attached hydrogens (tertiary/aromatic N) is 3. The van der Waals surface area contributed by atoms with E-state index >= 15 is 0 Å². The monoisotopic (exact) mass is 332 g/mol. The van der Waals surface area contributed by atoms with Crippen LogP contribution in [0.2, 0.25) is 0 Å². The molecule has 0 aliphatic rings. The van der Waals surface area contributed by atoms with Crippen LogP contribution < -0.4 is 10.1 Å². The van der Waals surface area contributed by atoms with Crippen molar-refractivity contribution < 1.29 is 18.3 Å². The molecule has 2 heterocycles. The average molecular weight is 332 g/mol. The van der Waals surface area contributed by atoms with Gasteiger partial charge in [0.2, 0.25) is 0 Å². The summed E-state index contributed by atoms with van der Waals surface area (Å²) in [4.78, 5) is 16.8. The third-order valence-electron chi connectivity index (χ3n) is 3.37. The molecule has 8 heteroatoms. The number of aromatic nitrogens is 3. The Morgan fingerprint density at radius 1 is 1.29 bits per heavy atom. The molecule has 0 aliphatic carbocycles. The Bertz CT molecular complexity index is 908. The van der Waals surface area contributed by atoms with Crippen molar-refractivity contribution in [2.75, 3.05) is 5.32 Å². The number of amides is 1. The average Bonchev–Trinajstić information content (AvgIpc) is 2.92. The molecular weight excluding hydrogens is 318 g/mol. The second-order valence-electron chi connectivity index (χ2n) is 5.16. The molecule has 3 aromatic rings. The quantitative estimate of drug-likeness (QED) is 0.796. The first-order valence-electron chi connectivity index (χ1n) is 7.13. The predicted molar refractivity (Wildman–Crippen MR) is 83.5 cm³/mol. The first-order chi connectivity index (χ1) is 11.5. The molecule has 0 radical (unpaired) electrons. The summed E-state index contributed by atoms with van der Waals surface area (Å²) in [5.41, 5.74) is 2.37. The van der Waals surface area contributed by atoms with Crippen LogP contribution in [0.1, 0.15) is 21.7 Å². The number of carbonyl (C=O) groups excluding carboxylic acids is 1. The Hall–Kier alpha value is -3.03. The van der Waals surface area contributed by atoms with Gasteiger partial charge in [-0.2, -0.15) is 13.9 Å². The van der Waals surface area contributed by atoms with Crippen LogP contribution >= 0.6 is 0 Å². The Balaban J connectivity index is 1.94. The fourth-order valence-electron chi connectivity index (χ4n) is 2.39. The summed E-state index contributed by atoms with van der Waals surface area (Å²) < 4.78 is 30.9. The number of fused-ring (bicyclic) bond motifs is 1. The highest BCUT2D eigenvalue weighted by atomic mass is 19.3. The van der Waals surface area contributed by atoms with Gasteiger partial charge in [-0.15, -0.1) is 0 Å². The number of para-hydroxylation sites is 2. The number of hydrogen-bond donors (Lipinski definition) is 1. The molecule has 0 aliphatic heterocycles. The lowest BCUT2D eigenvalue weighted by molar-refractivity contribution is -0.0493. The van der Waals surface area contributed by atoms with Crippen molar-refractivity contribution in [3.8, 4) is 5.75 Å². The van der Waals surface area contributed by atoms with Gasteiger partial charge >= 0.3 is 6.61 Å². The topological polar surface area (TPSA) is 68.5 Å². The Labute approximate surface area is 136 Å². The summed E-state index contributed by atoms with van der Waals surface area (Å²) in [6.45, 7) is 0.683. The van der Waals surface area contributed by atoms with Gasteiger partial charge in [-0.05, 0) is 32.0 Å². The lowest BCUT2D eigenvalue weighted by atomic mass is 10.2. The fourth-order valence-corrected chi connectivity index (χ4v) is 2.39. The zero-order valence-corrected chi connectivity index (χ0v) is 13.0. The molecule has 0 fully saturated rings. The molecule has 0 saturated carbocycles. The fraction of sp³-hybridized carbons (Fsp3) is 0.188. The molecule has 0 saturated heterocycles. The number of hydrogen-bond acceptors (Lipinski definition) is 4. The van der Waals surface area contributed by atoms with E-state index in [4.69, 9.17) is 0 Å². The molecule has 1 aromatic carbocycles. The highest BCUT2D eigenvalue weighted by Crippen LogP contribution is 2.26. The van der Waals surface area contributed by atoms with Gasteiger partial charge in [0.1, 0.15) is 11.3 Å². The van der Waals surface area contributed by atoms with Crippen LogP contribution in [0.4, 0.5) is 14.5 Å². The number of anilines is 1. The van der Waals surface area contributed by atoms with Crippen molar-refractivity contribution in [1.29, 1.82) is 0 Å². The predicted octanol–water partition coefficient (Wildman–Crippen LogP) is 3.20. The summed E-state index contributed by atoms with van der Waals surface area (Å²) in [5, 5.41) is 6.69. The van der Waals surface area contributed by atoms with Crippen LogP contribution in [0.3, 0.4) is 0 Å². The number of nitrogens with one attached hydrogen (secondary N) is 1. The summed E-state index contributed by atoms with van der Waals surface area (Å²) >= 11 is 0. The number of rotatable bonds is 4. The van der Waals surface area contributed by atoms with Crippen LogP contribution in [0.5, 0.6) is 5.75 Å². The van der Waals surface area contributed by atoms with Gasteiger partial charge in [-0.1, -0.05) is 12.1 Å². The number of alkyl halides is 2. The number of carbonyl (C=O) groups is 1. The SMILES string of the molecule is Cc1cc(C)n2ncc(C(=O)Nc3ccccc3OC(F)F)c2n1. The number of ether oxygens (including phenoxy) is 1. The van der Waals surface area contributed by atoms with Gasteiger partial charge in [0.05, 0.1) is 11.9 Å². The van der Waals surface area contributed by atoms with Crippen molar-refractivity contribution in [1.82, 2.24) is 14.6 Å². The van der Waals surface area contributed by atoms with E-state index < -0.39 is 12.5 Å². The maximum atomic E-state index is 12.5. The second-order valence-corrected chi connectivity index (χ2v) is 5.16. The molecular formula is C16H14F2N4O2. The van der Waals surface area contributed by atoms with E-state index in [0.29, 0.717) is 5.65 Å². The Morgan fingerprint density at radius 3 is 2.79 bits per heavy atom. The summed E-state index contributed by atoms with van der Waals surface area (Å²) in [5.74, 6) is -0.620. The molecule has 2 aromatic heterocycles. The summed E-state index contributed by atoms with van der Waals surface area (Å²) in [7, 11) is 0. The first-order valence-corrected chi connectivity index (χ1v) is 7.13. The maximum absolute atomic E-state index is 12.5. The van der Waals surface area contributed by atoms with Gasteiger partial charge in [0.25, 0.3) is 5.91 Å². The van der Waals surface area contributed by atoms with Crippen molar-refractivity contribution in [2.45, 2.75) is 20.5 Å². The lowest BCUT2D eigenvalue weighted by Gasteiger charge is -2.11. The first kappa shape index (κ1) is 15.9. The van der Waals surface area contributed by atoms with E-state index in [-0.39, 0.29) is 17.0 Å². The molecule has 0 bridgehead atoms. The van der Waals surface area contributed by atoms with E-state index in [9.17, 15) is 13.6 Å². The highest BCUT2D eigenvalue weighted by Gasteiger charge is 2.18. The van der Waals surface area contributed by atoms with Gasteiger partial charge in [0.15, 0.2) is 5.65 Å². The lowest BCUT2D eigenvalue weighted by Crippen LogP contribution is -2.14. The minimum absolute atomic E-state index is 0.113. The number of aryl methyl sites for hydroxylation is 2. The van der Waals surface area contributed by atoms with Gasteiger partial charge in [-0.3, -0.25) is 4.79 Å². The van der Waals surface area contributed by atoms with Crippen LogP contribution in [-0.2, 0) is 0 Å². The number of halogens is 2. The molecule has 3 rings (SSSR count). The standard InChI is InChI=1S/C16H14F2N4O2/c1-9-7-10(2)22-14(20-9)11(8-19-22)15(23)21-12-5-3-4-6-13(12)24-16(17)18/h3-8,16H,1-2H3,(H,21,23). The summed E-state index contributed by atoms with van der Waals surface area (Å²) in [6.07, 6.45) is 1.39. The highest BCUT2D eigenvalue weighted by molar-refractivity contribution is 6.08.